The molecule has 0 saturated carbocycles. The van der Waals surface area contributed by atoms with Gasteiger partial charge in [0.2, 0.25) is 0 Å². The number of fused-ring (bicyclic) bond motifs is 1. The molecule has 2 rings (SSSR count). The topological polar surface area (TPSA) is 0 Å². The normalized spacial score (nSPS) is 11.0. The largest absolute Gasteiger partial charge is 0.0984 e. The van der Waals surface area contributed by atoms with Crippen LogP contribution in [0.5, 0.6) is 0 Å². The van der Waals surface area contributed by atoms with Crippen LogP contribution in [0.15, 0.2) is 24.8 Å². The van der Waals surface area contributed by atoms with E-state index < -0.39 is 0 Å². The summed E-state index contributed by atoms with van der Waals surface area (Å²) in [5.74, 6) is 0. The van der Waals surface area contributed by atoms with E-state index in [1.807, 2.05) is 6.08 Å². The quantitative estimate of drug-likeness (QED) is 0.518. The summed E-state index contributed by atoms with van der Waals surface area (Å²) in [5.41, 5.74) is 4.12. The Labute approximate surface area is 48.5 Å². The molecule has 0 aromatic carbocycles. The van der Waals surface area contributed by atoms with Crippen LogP contribution in [0.3, 0.4) is 0 Å². The zero-order chi connectivity index (χ0) is 5.56. The van der Waals surface area contributed by atoms with E-state index in [1.54, 1.807) is 0 Å². The van der Waals surface area contributed by atoms with Crippen LogP contribution in [0.1, 0.15) is 5.56 Å². The Hall–Kier alpha value is -1.04. The standard InChI is InChI=1S/C8H6/c1-2-6-7-4-3-5-8(6)7/h2-5H,1H2. The van der Waals surface area contributed by atoms with Gasteiger partial charge in [-0.15, -0.1) is 0 Å². The maximum atomic E-state index is 3.67. The molecule has 0 heteroatoms. The van der Waals surface area contributed by atoms with E-state index in [1.165, 1.54) is 16.7 Å². The molecule has 2 aliphatic carbocycles. The summed E-state index contributed by atoms with van der Waals surface area (Å²) in [6.07, 6.45) is 1.91. The molecule has 2 aliphatic rings. The van der Waals surface area contributed by atoms with Crippen molar-refractivity contribution in [3.8, 4) is 11.1 Å². The molecule has 0 spiro atoms. The Kier molecular flexibility index (Phi) is 0.500. The molecule has 0 N–H and O–H groups in total. The summed E-state index contributed by atoms with van der Waals surface area (Å²) in [7, 11) is 0. The van der Waals surface area contributed by atoms with Crippen LogP contribution in [0.25, 0.3) is 17.2 Å². The van der Waals surface area contributed by atoms with E-state index in [2.05, 4.69) is 24.8 Å². The maximum Gasteiger partial charge on any atom is -0.00992 e. The van der Waals surface area contributed by atoms with E-state index >= 15 is 0 Å². The zero-order valence-corrected chi connectivity index (χ0v) is 4.52. The molecule has 0 unspecified atom stereocenters. The van der Waals surface area contributed by atoms with E-state index in [-0.39, 0.29) is 0 Å². The fourth-order valence-electron chi connectivity index (χ4n) is 1.05. The fraction of sp³-hybridized carbons (Fsp3) is 0. The van der Waals surface area contributed by atoms with Crippen molar-refractivity contribution in [3.05, 3.63) is 30.3 Å². The van der Waals surface area contributed by atoms with Crippen LogP contribution in [0.2, 0.25) is 0 Å². The van der Waals surface area contributed by atoms with E-state index in [4.69, 9.17) is 0 Å². The lowest BCUT2D eigenvalue weighted by Gasteiger charge is -1.62. The minimum atomic E-state index is 1.34. The Bertz CT molecular complexity index is 226. The molecule has 0 aliphatic heterocycles. The van der Waals surface area contributed by atoms with E-state index in [9.17, 15) is 0 Å². The van der Waals surface area contributed by atoms with E-state index in [0.717, 1.165) is 0 Å². The first kappa shape index (κ1) is 3.90. The Morgan fingerprint density at radius 3 is 2.25 bits per heavy atom. The van der Waals surface area contributed by atoms with Crippen molar-refractivity contribution in [1.82, 2.24) is 0 Å². The summed E-state index contributed by atoms with van der Waals surface area (Å²) in [4.78, 5) is 0. The molecule has 0 fully saturated rings. The van der Waals surface area contributed by atoms with Crippen LogP contribution in [0, 0.1) is 0 Å². The predicted molar refractivity (Wildman–Crippen MR) is 35.5 cm³/mol. The van der Waals surface area contributed by atoms with Gasteiger partial charge in [0.05, 0.1) is 0 Å². The molecule has 0 saturated heterocycles. The molecular formula is C8H6. The second-order valence-corrected chi connectivity index (χ2v) is 1.97. The number of benzene rings is 1. The van der Waals surface area contributed by atoms with Crippen LogP contribution < -0.4 is 0 Å². The highest BCUT2D eigenvalue weighted by molar-refractivity contribution is 5.97. The Morgan fingerprint density at radius 2 is 1.88 bits per heavy atom. The van der Waals surface area contributed by atoms with Crippen LogP contribution in [-0.2, 0) is 0 Å². The van der Waals surface area contributed by atoms with Gasteiger partial charge in [-0.3, -0.25) is 0 Å². The fourth-order valence-corrected chi connectivity index (χ4v) is 1.05. The van der Waals surface area contributed by atoms with Crippen LogP contribution in [-0.4, -0.2) is 0 Å². The predicted octanol–water partition coefficient (Wildman–Crippen LogP) is 2.31. The van der Waals surface area contributed by atoms with Crippen molar-refractivity contribution in [2.45, 2.75) is 0 Å². The van der Waals surface area contributed by atoms with Crippen molar-refractivity contribution >= 4 is 6.08 Å². The molecule has 8 heavy (non-hydrogen) atoms. The first-order valence-corrected chi connectivity index (χ1v) is 2.69. The molecule has 0 nitrogen and oxygen atoms in total. The molecule has 0 radical (unpaired) electrons. The molecular weight excluding hydrogens is 96.1 g/mol. The summed E-state index contributed by atoms with van der Waals surface area (Å²) >= 11 is 0. The summed E-state index contributed by atoms with van der Waals surface area (Å²) in [6, 6.07) is 6.30. The second kappa shape index (κ2) is 1.03. The highest BCUT2D eigenvalue weighted by Crippen LogP contribution is 2.43. The molecule has 38 valence electrons. The second-order valence-electron chi connectivity index (χ2n) is 1.97. The summed E-state index contributed by atoms with van der Waals surface area (Å²) < 4.78 is 0. The molecule has 0 amide bonds. The molecule has 0 heterocycles. The smallest absolute Gasteiger partial charge is 0.00992 e. The monoisotopic (exact) mass is 102 g/mol. The number of hydrogen-bond acceptors (Lipinski definition) is 0. The first-order valence-electron chi connectivity index (χ1n) is 2.69. The lowest BCUT2D eigenvalue weighted by molar-refractivity contribution is 1.98. The van der Waals surface area contributed by atoms with Crippen molar-refractivity contribution in [1.29, 1.82) is 0 Å². The van der Waals surface area contributed by atoms with Gasteiger partial charge in [0.15, 0.2) is 0 Å². The van der Waals surface area contributed by atoms with Crippen molar-refractivity contribution in [2.24, 2.45) is 0 Å². The van der Waals surface area contributed by atoms with Crippen LogP contribution >= 0.6 is 0 Å². The third-order valence-corrected chi connectivity index (χ3v) is 1.54. The van der Waals surface area contributed by atoms with Gasteiger partial charge in [-0.05, 0) is 16.7 Å². The van der Waals surface area contributed by atoms with Gasteiger partial charge < -0.3 is 0 Å². The lowest BCUT2D eigenvalue weighted by Crippen LogP contribution is -1.39. The Morgan fingerprint density at radius 1 is 1.25 bits per heavy atom. The maximum absolute atomic E-state index is 3.67. The highest BCUT2D eigenvalue weighted by Gasteiger charge is 2.18. The van der Waals surface area contributed by atoms with Gasteiger partial charge in [-0.25, -0.2) is 0 Å². The van der Waals surface area contributed by atoms with Crippen LogP contribution in [0.4, 0.5) is 0 Å². The molecule has 0 aromatic heterocycles. The average molecular weight is 102 g/mol. The zero-order valence-electron chi connectivity index (χ0n) is 4.52. The number of hydrogen-bond donors (Lipinski definition) is 0. The minimum Gasteiger partial charge on any atom is -0.0984 e. The molecule has 0 aromatic rings. The molecule has 0 bridgehead atoms. The molecule has 0 atom stereocenters. The minimum absolute atomic E-state index is 1.34. The average Bonchev–Trinajstić information content (AvgIpc) is 2.22. The van der Waals surface area contributed by atoms with Crippen molar-refractivity contribution in [3.63, 3.8) is 0 Å². The third kappa shape index (κ3) is 0.270. The van der Waals surface area contributed by atoms with E-state index in [0.29, 0.717) is 0 Å². The van der Waals surface area contributed by atoms with Gasteiger partial charge in [0.25, 0.3) is 0 Å². The van der Waals surface area contributed by atoms with Gasteiger partial charge in [-0.1, -0.05) is 30.9 Å². The van der Waals surface area contributed by atoms with Gasteiger partial charge >= 0.3 is 0 Å². The summed E-state index contributed by atoms with van der Waals surface area (Å²) in [6.45, 7) is 3.67. The van der Waals surface area contributed by atoms with Gasteiger partial charge in [0, 0.05) is 0 Å². The SMILES string of the molecule is C=Cc1c2cccc1-2. The Balaban J connectivity index is 2.63. The van der Waals surface area contributed by atoms with Crippen molar-refractivity contribution < 1.29 is 0 Å². The summed E-state index contributed by atoms with van der Waals surface area (Å²) in [5, 5.41) is 0. The number of rotatable bonds is 1. The lowest BCUT2D eigenvalue weighted by atomic mass is 10.4. The third-order valence-electron chi connectivity index (χ3n) is 1.54. The van der Waals surface area contributed by atoms with Crippen molar-refractivity contribution in [2.75, 3.05) is 0 Å². The van der Waals surface area contributed by atoms with Gasteiger partial charge in [0.1, 0.15) is 0 Å². The highest BCUT2D eigenvalue weighted by atomic mass is 14.2. The first-order chi connectivity index (χ1) is 3.93. The van der Waals surface area contributed by atoms with Gasteiger partial charge in [-0.2, -0.15) is 0 Å².